The highest BCUT2D eigenvalue weighted by molar-refractivity contribution is 7.89. The fraction of sp³-hybridized carbons (Fsp3) is 0.476. The molecule has 0 aliphatic carbocycles. The zero-order chi connectivity index (χ0) is 21.8. The van der Waals surface area contributed by atoms with Crippen LogP contribution in [-0.2, 0) is 16.4 Å². The first-order valence-corrected chi connectivity index (χ1v) is 12.0. The molecular formula is C21H25N5O4S. The van der Waals surface area contributed by atoms with E-state index < -0.39 is 21.8 Å². The van der Waals surface area contributed by atoms with Crippen LogP contribution in [0.4, 0.5) is 5.82 Å². The quantitative estimate of drug-likeness (QED) is 0.662. The maximum Gasteiger partial charge on any atom is 0.417 e. The number of aromatic nitrogens is 3. The van der Waals surface area contributed by atoms with E-state index in [9.17, 15) is 13.2 Å². The predicted molar refractivity (Wildman–Crippen MR) is 116 cm³/mol. The molecule has 10 heteroatoms. The van der Waals surface area contributed by atoms with Crippen molar-refractivity contribution in [3.63, 3.8) is 0 Å². The molecule has 164 valence electrons. The Labute approximate surface area is 180 Å². The Kier molecular flexibility index (Phi) is 4.86. The van der Waals surface area contributed by atoms with Crippen LogP contribution in [0.25, 0.3) is 11.1 Å². The molecular weight excluding hydrogens is 418 g/mol. The smallest absolute Gasteiger partial charge is 0.408 e. The first-order valence-electron chi connectivity index (χ1n) is 10.6. The second kappa shape index (κ2) is 7.45. The Hall–Kier alpha value is -2.72. The van der Waals surface area contributed by atoms with E-state index in [-0.39, 0.29) is 10.5 Å². The van der Waals surface area contributed by atoms with Crippen molar-refractivity contribution in [2.45, 2.75) is 50.0 Å². The summed E-state index contributed by atoms with van der Waals surface area (Å²) >= 11 is 0. The van der Waals surface area contributed by atoms with Gasteiger partial charge in [-0.3, -0.25) is 4.98 Å². The number of aryl methyl sites for hydroxylation is 1. The number of aromatic amines is 1. The first kappa shape index (κ1) is 20.2. The number of hydrogen-bond donors (Lipinski definition) is 1. The van der Waals surface area contributed by atoms with Gasteiger partial charge in [-0.15, -0.1) is 0 Å². The van der Waals surface area contributed by atoms with Crippen LogP contribution in [-0.4, -0.2) is 47.8 Å². The minimum absolute atomic E-state index is 0.0986. The van der Waals surface area contributed by atoms with Gasteiger partial charge in [0.25, 0.3) is 0 Å². The van der Waals surface area contributed by atoms with Crippen molar-refractivity contribution < 1.29 is 12.8 Å². The Balaban J connectivity index is 1.57. The molecule has 31 heavy (non-hydrogen) atoms. The summed E-state index contributed by atoms with van der Waals surface area (Å²) in [5.74, 6) is 0.858. The summed E-state index contributed by atoms with van der Waals surface area (Å²) in [5.41, 5.74) is 2.76. The van der Waals surface area contributed by atoms with Gasteiger partial charge < -0.3 is 9.32 Å². The molecule has 0 unspecified atom stereocenters. The third-order valence-corrected chi connectivity index (χ3v) is 8.15. The summed E-state index contributed by atoms with van der Waals surface area (Å²) in [7, 11) is -1.81. The fourth-order valence-corrected chi connectivity index (χ4v) is 6.30. The van der Waals surface area contributed by atoms with Crippen LogP contribution in [0.15, 0.2) is 32.3 Å². The molecule has 2 aromatic heterocycles. The molecule has 1 aromatic carbocycles. The molecule has 0 radical (unpaired) electrons. The Bertz CT molecular complexity index is 1310. The van der Waals surface area contributed by atoms with Gasteiger partial charge in [0.1, 0.15) is 11.6 Å². The molecule has 2 aliphatic rings. The Morgan fingerprint density at radius 1 is 1.16 bits per heavy atom. The van der Waals surface area contributed by atoms with Crippen molar-refractivity contribution in [3.05, 3.63) is 45.8 Å². The van der Waals surface area contributed by atoms with Crippen molar-refractivity contribution in [2.24, 2.45) is 0 Å². The van der Waals surface area contributed by atoms with E-state index in [2.05, 4.69) is 9.88 Å². The van der Waals surface area contributed by atoms with Gasteiger partial charge in [-0.1, -0.05) is 6.42 Å². The van der Waals surface area contributed by atoms with Crippen LogP contribution >= 0.6 is 0 Å². The molecule has 3 aromatic rings. The van der Waals surface area contributed by atoms with Crippen molar-refractivity contribution in [3.8, 4) is 0 Å². The standard InChI is InChI=1S/C21H25N5O4S/c1-13-15-6-5-10-25(2)20(15)24-19(22-13)17-7-3-4-11-26(17)31(28,29)14-8-9-16-18(12-14)30-21(27)23-16/h8-9,12,17H,3-7,10-11H2,1-2H3,(H,23,27)/t17-/m0/s1. The van der Waals surface area contributed by atoms with Crippen molar-refractivity contribution in [2.75, 3.05) is 25.0 Å². The first-order chi connectivity index (χ1) is 14.8. The molecule has 1 fully saturated rings. The minimum atomic E-state index is -3.83. The summed E-state index contributed by atoms with van der Waals surface area (Å²) in [6.45, 7) is 3.31. The Morgan fingerprint density at radius 2 is 2.00 bits per heavy atom. The number of rotatable bonds is 3. The second-order valence-corrected chi connectivity index (χ2v) is 10.2. The summed E-state index contributed by atoms with van der Waals surface area (Å²) in [6, 6.07) is 4.04. The van der Waals surface area contributed by atoms with E-state index in [0.29, 0.717) is 24.3 Å². The van der Waals surface area contributed by atoms with Crippen molar-refractivity contribution in [1.82, 2.24) is 19.3 Å². The summed E-state index contributed by atoms with van der Waals surface area (Å²) in [4.78, 5) is 25.8. The van der Waals surface area contributed by atoms with E-state index >= 15 is 0 Å². The SMILES string of the molecule is Cc1nc([C@@H]2CCCCN2S(=O)(=O)c2ccc3[nH]c(=O)oc3c2)nc2c1CCCN2C. The number of anilines is 1. The maximum atomic E-state index is 13.6. The lowest BCUT2D eigenvalue weighted by Crippen LogP contribution is -2.39. The van der Waals surface area contributed by atoms with Gasteiger partial charge >= 0.3 is 5.76 Å². The third-order valence-electron chi connectivity index (χ3n) is 6.24. The lowest BCUT2D eigenvalue weighted by molar-refractivity contribution is 0.246. The summed E-state index contributed by atoms with van der Waals surface area (Å²) in [5, 5.41) is 0. The van der Waals surface area contributed by atoms with Gasteiger partial charge in [-0.25, -0.2) is 23.2 Å². The van der Waals surface area contributed by atoms with Gasteiger partial charge in [0.05, 0.1) is 16.5 Å². The minimum Gasteiger partial charge on any atom is -0.408 e. The van der Waals surface area contributed by atoms with E-state index in [1.807, 2.05) is 14.0 Å². The number of H-pyrrole nitrogens is 1. The number of piperidine rings is 1. The fourth-order valence-electron chi connectivity index (χ4n) is 4.63. The second-order valence-electron chi connectivity index (χ2n) is 8.29. The van der Waals surface area contributed by atoms with Crippen molar-refractivity contribution >= 4 is 26.9 Å². The highest BCUT2D eigenvalue weighted by atomic mass is 32.2. The van der Waals surface area contributed by atoms with Crippen LogP contribution in [0, 0.1) is 6.92 Å². The normalized spacial score (nSPS) is 20.2. The summed E-state index contributed by atoms with van der Waals surface area (Å²) in [6.07, 6.45) is 4.37. The lowest BCUT2D eigenvalue weighted by atomic mass is 10.0. The Morgan fingerprint density at radius 3 is 2.84 bits per heavy atom. The molecule has 1 saturated heterocycles. The highest BCUT2D eigenvalue weighted by Gasteiger charge is 2.37. The largest absolute Gasteiger partial charge is 0.417 e. The molecule has 1 N–H and O–H groups in total. The average molecular weight is 444 g/mol. The van der Waals surface area contributed by atoms with Gasteiger partial charge in [-0.2, -0.15) is 4.31 Å². The third kappa shape index (κ3) is 3.43. The van der Waals surface area contributed by atoms with E-state index in [1.54, 1.807) is 6.07 Å². The number of nitrogens with one attached hydrogen (secondary N) is 1. The molecule has 5 rings (SSSR count). The number of benzene rings is 1. The highest BCUT2D eigenvalue weighted by Crippen LogP contribution is 2.36. The number of sulfonamides is 1. The van der Waals surface area contributed by atoms with E-state index in [4.69, 9.17) is 14.4 Å². The number of oxazole rings is 1. The molecule has 0 spiro atoms. The monoisotopic (exact) mass is 443 g/mol. The van der Waals surface area contributed by atoms with Gasteiger partial charge in [0.15, 0.2) is 5.58 Å². The molecule has 4 heterocycles. The zero-order valence-corrected chi connectivity index (χ0v) is 18.4. The van der Waals surface area contributed by atoms with Crippen LogP contribution < -0.4 is 10.7 Å². The van der Waals surface area contributed by atoms with E-state index in [1.165, 1.54) is 16.4 Å². The number of fused-ring (bicyclic) bond motifs is 2. The predicted octanol–water partition coefficient (Wildman–Crippen LogP) is 2.52. The average Bonchev–Trinajstić information content (AvgIpc) is 3.13. The van der Waals surface area contributed by atoms with Crippen LogP contribution in [0.5, 0.6) is 0 Å². The van der Waals surface area contributed by atoms with Crippen LogP contribution in [0.2, 0.25) is 0 Å². The molecule has 0 saturated carbocycles. The van der Waals surface area contributed by atoms with Gasteiger partial charge in [0, 0.05) is 37.5 Å². The van der Waals surface area contributed by atoms with E-state index in [0.717, 1.165) is 49.3 Å². The van der Waals surface area contributed by atoms with Gasteiger partial charge in [0.2, 0.25) is 10.0 Å². The molecule has 9 nitrogen and oxygen atoms in total. The maximum absolute atomic E-state index is 13.6. The summed E-state index contributed by atoms with van der Waals surface area (Å²) < 4.78 is 33.8. The molecule has 2 aliphatic heterocycles. The van der Waals surface area contributed by atoms with Crippen molar-refractivity contribution in [1.29, 1.82) is 0 Å². The molecule has 0 amide bonds. The van der Waals surface area contributed by atoms with Gasteiger partial charge in [-0.05, 0) is 44.7 Å². The zero-order valence-electron chi connectivity index (χ0n) is 17.6. The number of hydrogen-bond acceptors (Lipinski definition) is 7. The van der Waals surface area contributed by atoms with Crippen LogP contribution in [0.1, 0.15) is 48.8 Å². The number of nitrogens with zero attached hydrogens (tertiary/aromatic N) is 4. The topological polar surface area (TPSA) is 112 Å². The van der Waals surface area contributed by atoms with Crippen LogP contribution in [0.3, 0.4) is 0 Å². The lowest BCUT2D eigenvalue weighted by Gasteiger charge is -2.35. The molecule has 0 bridgehead atoms. The molecule has 1 atom stereocenters.